The summed E-state index contributed by atoms with van der Waals surface area (Å²) in [4.78, 5) is 26.8. The van der Waals surface area contributed by atoms with Gasteiger partial charge in [0.15, 0.2) is 0 Å². The number of ether oxygens (including phenoxy) is 1. The number of hydrogen-bond donors (Lipinski definition) is 3. The molecule has 3 atom stereocenters. The average molecular weight is 617 g/mol. The molecular formula is C32H48N4O6S. The minimum atomic E-state index is -4.01. The highest BCUT2D eigenvalue weighted by Crippen LogP contribution is 2.23. The Morgan fingerprint density at radius 3 is 2.23 bits per heavy atom. The van der Waals surface area contributed by atoms with Gasteiger partial charge in [-0.05, 0) is 60.9 Å². The molecule has 11 heteroatoms. The smallest absolute Gasteiger partial charge is 0.252 e. The molecule has 1 aliphatic carbocycles. The third-order valence-electron chi connectivity index (χ3n) is 7.58. The molecule has 1 fully saturated rings. The highest BCUT2D eigenvalue weighted by molar-refractivity contribution is 7.89. The van der Waals surface area contributed by atoms with Gasteiger partial charge in [0.2, 0.25) is 15.9 Å². The number of aliphatic hydroxyl groups is 1. The number of aliphatic hydroxyl groups excluding tert-OH is 1. The second kappa shape index (κ2) is 16.2. The summed E-state index contributed by atoms with van der Waals surface area (Å²) < 4.78 is 34.1. The molecule has 0 radical (unpaired) electrons. The molecule has 0 spiro atoms. The molecule has 3 rings (SSSR count). The zero-order valence-corrected chi connectivity index (χ0v) is 26.8. The highest BCUT2D eigenvalue weighted by atomic mass is 32.2. The van der Waals surface area contributed by atoms with Gasteiger partial charge in [0.05, 0.1) is 30.7 Å². The fraction of sp³-hybridized carbons (Fsp3) is 0.562. The first kappa shape index (κ1) is 34.5. The second-order valence-corrected chi connectivity index (χ2v) is 13.8. The number of nitrogens with one attached hydrogen (secondary N) is 2. The lowest BCUT2D eigenvalue weighted by molar-refractivity contribution is -0.148. The van der Waals surface area contributed by atoms with Crippen LogP contribution < -0.4 is 15.5 Å². The van der Waals surface area contributed by atoms with Gasteiger partial charge in [0, 0.05) is 25.6 Å². The van der Waals surface area contributed by atoms with Crippen molar-refractivity contribution in [1.82, 2.24) is 20.1 Å². The van der Waals surface area contributed by atoms with E-state index in [9.17, 15) is 23.1 Å². The van der Waals surface area contributed by atoms with Gasteiger partial charge in [0.1, 0.15) is 5.75 Å². The predicted octanol–water partition coefficient (Wildman–Crippen LogP) is 3.36. The molecule has 0 aromatic heterocycles. The van der Waals surface area contributed by atoms with Gasteiger partial charge < -0.3 is 15.2 Å². The number of hydrazine groups is 1. The van der Waals surface area contributed by atoms with E-state index in [-0.39, 0.29) is 61.0 Å². The minimum Gasteiger partial charge on any atom is -0.497 e. The maximum atomic E-state index is 13.8. The van der Waals surface area contributed by atoms with E-state index in [0.717, 1.165) is 24.8 Å². The third-order valence-corrected chi connectivity index (χ3v) is 9.43. The Hall–Kier alpha value is -2.99. The van der Waals surface area contributed by atoms with Gasteiger partial charge in [-0.15, -0.1) is 0 Å². The lowest BCUT2D eigenvalue weighted by Gasteiger charge is -2.37. The average Bonchev–Trinajstić information content (AvgIpc) is 3.82. The summed E-state index contributed by atoms with van der Waals surface area (Å²) in [5.41, 5.74) is 3.61. The van der Waals surface area contributed by atoms with E-state index in [1.165, 1.54) is 28.6 Å². The summed E-state index contributed by atoms with van der Waals surface area (Å²) in [7, 11) is -2.50. The van der Waals surface area contributed by atoms with Gasteiger partial charge in [-0.25, -0.2) is 13.4 Å². The van der Waals surface area contributed by atoms with Crippen molar-refractivity contribution < 1.29 is 27.9 Å². The van der Waals surface area contributed by atoms with Gasteiger partial charge in [-0.1, -0.05) is 64.4 Å². The maximum Gasteiger partial charge on any atom is 0.252 e. The van der Waals surface area contributed by atoms with E-state index in [0.29, 0.717) is 11.8 Å². The van der Waals surface area contributed by atoms with Crippen LogP contribution in [0.2, 0.25) is 0 Å². The van der Waals surface area contributed by atoms with E-state index in [4.69, 9.17) is 4.74 Å². The van der Waals surface area contributed by atoms with Crippen LogP contribution >= 0.6 is 0 Å². The Balaban J connectivity index is 1.96. The number of benzene rings is 2. The lowest BCUT2D eigenvalue weighted by Crippen LogP contribution is -2.60. The molecule has 0 aliphatic heterocycles. The number of hydrogen-bond acceptors (Lipinski definition) is 7. The fourth-order valence-electron chi connectivity index (χ4n) is 4.73. The first-order valence-electron chi connectivity index (χ1n) is 15.2. The van der Waals surface area contributed by atoms with E-state index < -0.39 is 22.2 Å². The van der Waals surface area contributed by atoms with Crippen LogP contribution in [0.5, 0.6) is 5.75 Å². The van der Waals surface area contributed by atoms with E-state index >= 15 is 0 Å². The van der Waals surface area contributed by atoms with Crippen LogP contribution in [0.3, 0.4) is 0 Å². The molecular weight excluding hydrogens is 568 g/mol. The Morgan fingerprint density at radius 2 is 1.67 bits per heavy atom. The SMILES string of the molecule is CC[C@H](C)CC(=O)N(NC(=O)CNC1CC1)[C@@H](Cc1ccccc1)[C@H](O)CN(CC(C)C)S(=O)(=O)c1ccc(OC)cc1. The van der Waals surface area contributed by atoms with Crippen molar-refractivity contribution in [2.75, 3.05) is 26.7 Å². The number of rotatable bonds is 17. The van der Waals surface area contributed by atoms with Crippen LogP contribution in [0.25, 0.3) is 0 Å². The molecule has 3 N–H and O–H groups in total. The minimum absolute atomic E-state index is 0.0378. The Morgan fingerprint density at radius 1 is 1.02 bits per heavy atom. The Labute approximate surface area is 256 Å². The van der Waals surface area contributed by atoms with Crippen molar-refractivity contribution in [3.05, 3.63) is 60.2 Å². The maximum absolute atomic E-state index is 13.8. The molecule has 2 aromatic rings. The number of amides is 2. The second-order valence-electron chi connectivity index (χ2n) is 11.9. The highest BCUT2D eigenvalue weighted by Gasteiger charge is 2.36. The lowest BCUT2D eigenvalue weighted by atomic mass is 9.98. The molecule has 43 heavy (non-hydrogen) atoms. The van der Waals surface area contributed by atoms with Crippen molar-refractivity contribution in [3.63, 3.8) is 0 Å². The molecule has 10 nitrogen and oxygen atoms in total. The van der Waals surface area contributed by atoms with Crippen LogP contribution in [0.4, 0.5) is 0 Å². The quantitative estimate of drug-likeness (QED) is 0.233. The van der Waals surface area contributed by atoms with E-state index in [1.807, 2.05) is 58.0 Å². The number of carbonyl (C=O) groups is 2. The largest absolute Gasteiger partial charge is 0.497 e. The first-order chi connectivity index (χ1) is 20.4. The summed E-state index contributed by atoms with van der Waals surface area (Å²) in [6.07, 6.45) is 1.85. The Bertz CT molecular complexity index is 1270. The van der Waals surface area contributed by atoms with Crippen molar-refractivity contribution in [2.24, 2.45) is 11.8 Å². The summed E-state index contributed by atoms with van der Waals surface area (Å²) in [6.45, 7) is 7.68. The molecule has 2 aromatic carbocycles. The van der Waals surface area contributed by atoms with Gasteiger partial charge in [-0.3, -0.25) is 15.0 Å². The van der Waals surface area contributed by atoms with Gasteiger partial charge in [0.25, 0.3) is 5.91 Å². The predicted molar refractivity (Wildman–Crippen MR) is 167 cm³/mol. The summed E-state index contributed by atoms with van der Waals surface area (Å²) in [6, 6.07) is 14.8. The summed E-state index contributed by atoms with van der Waals surface area (Å²) in [5, 5.41) is 16.2. The number of nitrogens with zero attached hydrogens (tertiary/aromatic N) is 2. The Kier molecular flexibility index (Phi) is 13.0. The zero-order chi connectivity index (χ0) is 31.6. The molecule has 0 unspecified atom stereocenters. The van der Waals surface area contributed by atoms with Crippen LogP contribution in [0.1, 0.15) is 58.9 Å². The van der Waals surface area contributed by atoms with Crippen LogP contribution in [-0.4, -0.2) is 79.6 Å². The number of sulfonamides is 1. The number of carbonyl (C=O) groups excluding carboxylic acids is 2. The van der Waals surface area contributed by atoms with Crippen LogP contribution in [0, 0.1) is 11.8 Å². The van der Waals surface area contributed by atoms with Gasteiger partial charge >= 0.3 is 0 Å². The van der Waals surface area contributed by atoms with E-state index in [1.54, 1.807) is 12.1 Å². The van der Waals surface area contributed by atoms with Crippen molar-refractivity contribution in [2.45, 2.75) is 82.9 Å². The fourth-order valence-corrected chi connectivity index (χ4v) is 6.35. The van der Waals surface area contributed by atoms with Gasteiger partial charge in [-0.2, -0.15) is 4.31 Å². The summed E-state index contributed by atoms with van der Waals surface area (Å²) in [5.74, 6) is -0.176. The molecule has 1 saturated carbocycles. The summed E-state index contributed by atoms with van der Waals surface area (Å²) >= 11 is 0. The topological polar surface area (TPSA) is 128 Å². The normalized spacial score (nSPS) is 15.6. The third kappa shape index (κ3) is 10.6. The number of methoxy groups -OCH3 is 1. The molecule has 2 amide bonds. The monoisotopic (exact) mass is 616 g/mol. The van der Waals surface area contributed by atoms with Crippen molar-refractivity contribution in [1.29, 1.82) is 0 Å². The molecule has 238 valence electrons. The van der Waals surface area contributed by atoms with Crippen molar-refractivity contribution >= 4 is 21.8 Å². The van der Waals surface area contributed by atoms with Crippen LogP contribution in [0.15, 0.2) is 59.5 Å². The van der Waals surface area contributed by atoms with Crippen molar-refractivity contribution in [3.8, 4) is 5.75 Å². The molecule has 0 saturated heterocycles. The molecule has 1 aliphatic rings. The van der Waals surface area contributed by atoms with Crippen LogP contribution in [-0.2, 0) is 26.0 Å². The first-order valence-corrected chi connectivity index (χ1v) is 16.6. The molecule has 0 heterocycles. The standard InChI is InChI=1S/C32H48N4O6S/c1-6-24(4)18-32(39)36(34-31(38)20-33-26-12-13-26)29(19-25-10-8-7-9-11-25)30(37)22-35(21-23(2)3)43(40,41)28-16-14-27(42-5)15-17-28/h7-11,14-17,23-24,26,29-30,33,37H,6,12-13,18-22H2,1-5H3,(H,34,38)/t24-,29-,30+/m0/s1. The zero-order valence-electron chi connectivity index (χ0n) is 26.0. The van der Waals surface area contributed by atoms with E-state index in [2.05, 4.69) is 10.7 Å². The molecule has 0 bridgehead atoms.